The highest BCUT2D eigenvalue weighted by molar-refractivity contribution is 4.94. The first kappa shape index (κ1) is 18.7. The van der Waals surface area contributed by atoms with Crippen LogP contribution >= 0.6 is 0 Å². The normalized spacial score (nSPS) is 27.2. The van der Waals surface area contributed by atoms with Crippen LogP contribution in [0.2, 0.25) is 0 Å². The minimum Gasteiger partial charge on any atom is -0.302 e. The molecular weight excluding hydrogens is 294 g/mol. The Bertz CT molecular complexity index is 400. The van der Waals surface area contributed by atoms with Crippen LogP contribution in [0, 0.1) is 22.7 Å². The molecule has 24 heavy (non-hydrogen) atoms. The van der Waals surface area contributed by atoms with Crippen LogP contribution in [0.4, 0.5) is 0 Å². The van der Waals surface area contributed by atoms with Crippen LogP contribution in [0.3, 0.4) is 0 Å². The quantitative estimate of drug-likeness (QED) is 0.779. The third kappa shape index (κ3) is 4.74. The summed E-state index contributed by atoms with van der Waals surface area (Å²) < 4.78 is 0. The molecule has 0 saturated carbocycles. The van der Waals surface area contributed by atoms with E-state index < -0.39 is 0 Å². The van der Waals surface area contributed by atoms with Crippen molar-refractivity contribution in [3.63, 3.8) is 0 Å². The van der Waals surface area contributed by atoms with Crippen molar-refractivity contribution in [3.05, 3.63) is 0 Å². The Morgan fingerprint density at radius 1 is 0.792 bits per heavy atom. The minimum atomic E-state index is 0.450. The van der Waals surface area contributed by atoms with E-state index >= 15 is 0 Å². The van der Waals surface area contributed by atoms with Gasteiger partial charge in [-0.2, -0.15) is 0 Å². The Kier molecular flexibility index (Phi) is 5.36. The molecule has 3 heteroatoms. The molecule has 0 radical (unpaired) electrons. The van der Waals surface area contributed by atoms with E-state index in [4.69, 9.17) is 0 Å². The van der Waals surface area contributed by atoms with E-state index in [0.29, 0.717) is 10.8 Å². The van der Waals surface area contributed by atoms with Crippen LogP contribution in [0.25, 0.3) is 0 Å². The van der Waals surface area contributed by atoms with Crippen molar-refractivity contribution in [2.75, 3.05) is 52.4 Å². The molecule has 3 saturated heterocycles. The number of likely N-dealkylation sites (tertiary alicyclic amines) is 3. The van der Waals surface area contributed by atoms with Gasteiger partial charge < -0.3 is 4.90 Å². The molecular formula is C21H41N3. The van der Waals surface area contributed by atoms with E-state index in [1.165, 1.54) is 65.2 Å². The van der Waals surface area contributed by atoms with Gasteiger partial charge in [0, 0.05) is 45.3 Å². The van der Waals surface area contributed by atoms with Crippen molar-refractivity contribution >= 4 is 0 Å². The van der Waals surface area contributed by atoms with E-state index in [-0.39, 0.29) is 0 Å². The van der Waals surface area contributed by atoms with Crippen molar-refractivity contribution in [2.45, 2.75) is 60.4 Å². The standard InChI is InChI=1S/C21H41N3/c1-20(2,3)16-23-12-17(13-23)11-22-14-19(15-22)24-9-7-18(8-10-24)21(4,5)6/h17-19H,7-16H2,1-6H3. The second-order valence-corrected chi connectivity index (χ2v) is 11.2. The third-order valence-corrected chi connectivity index (χ3v) is 6.46. The molecule has 0 bridgehead atoms. The van der Waals surface area contributed by atoms with E-state index in [1.807, 2.05) is 0 Å². The Morgan fingerprint density at radius 3 is 1.88 bits per heavy atom. The largest absolute Gasteiger partial charge is 0.302 e. The molecule has 0 aromatic rings. The van der Waals surface area contributed by atoms with E-state index in [0.717, 1.165) is 17.9 Å². The lowest BCUT2D eigenvalue weighted by atomic mass is 9.75. The lowest BCUT2D eigenvalue weighted by Gasteiger charge is -2.51. The Balaban J connectivity index is 1.29. The summed E-state index contributed by atoms with van der Waals surface area (Å²) in [4.78, 5) is 8.13. The predicted molar refractivity (Wildman–Crippen MR) is 103 cm³/mol. The maximum atomic E-state index is 2.78. The van der Waals surface area contributed by atoms with E-state index in [9.17, 15) is 0 Å². The molecule has 3 fully saturated rings. The van der Waals surface area contributed by atoms with Gasteiger partial charge in [0.05, 0.1) is 0 Å². The summed E-state index contributed by atoms with van der Waals surface area (Å²) in [6, 6.07) is 0.858. The van der Waals surface area contributed by atoms with E-state index in [2.05, 4.69) is 56.2 Å². The van der Waals surface area contributed by atoms with Gasteiger partial charge in [0.1, 0.15) is 0 Å². The molecule has 0 atom stereocenters. The fourth-order valence-electron chi connectivity index (χ4n) is 5.01. The molecule has 3 nitrogen and oxygen atoms in total. The molecule has 0 spiro atoms. The molecule has 140 valence electrons. The lowest BCUT2D eigenvalue weighted by molar-refractivity contribution is -0.0271. The van der Waals surface area contributed by atoms with Crippen molar-refractivity contribution in [3.8, 4) is 0 Å². The second kappa shape index (κ2) is 6.89. The number of hydrogen-bond acceptors (Lipinski definition) is 3. The summed E-state index contributed by atoms with van der Waals surface area (Å²) in [5.41, 5.74) is 0.951. The molecule has 3 heterocycles. The Labute approximate surface area is 150 Å². The van der Waals surface area contributed by atoms with Crippen LogP contribution in [-0.4, -0.2) is 73.1 Å². The van der Waals surface area contributed by atoms with Gasteiger partial charge in [0.15, 0.2) is 0 Å². The minimum absolute atomic E-state index is 0.450. The predicted octanol–water partition coefficient (Wildman–Crippen LogP) is 3.41. The second-order valence-electron chi connectivity index (χ2n) is 11.2. The van der Waals surface area contributed by atoms with Crippen LogP contribution < -0.4 is 0 Å². The molecule has 0 amide bonds. The number of nitrogens with zero attached hydrogens (tertiary/aromatic N) is 3. The molecule has 3 aliphatic heterocycles. The van der Waals surface area contributed by atoms with Gasteiger partial charge in [-0.1, -0.05) is 41.5 Å². The first-order chi connectivity index (χ1) is 11.1. The highest BCUT2D eigenvalue weighted by Crippen LogP contribution is 2.35. The van der Waals surface area contributed by atoms with Crippen molar-refractivity contribution < 1.29 is 0 Å². The molecule has 0 N–H and O–H groups in total. The molecule has 0 aromatic carbocycles. The smallest absolute Gasteiger partial charge is 0.0350 e. The molecule has 3 aliphatic rings. The summed E-state index contributed by atoms with van der Waals surface area (Å²) in [6.07, 6.45) is 2.81. The maximum absolute atomic E-state index is 2.78. The summed E-state index contributed by atoms with van der Waals surface area (Å²) >= 11 is 0. The summed E-state index contributed by atoms with van der Waals surface area (Å²) in [5.74, 6) is 1.86. The first-order valence-electron chi connectivity index (χ1n) is 10.3. The van der Waals surface area contributed by atoms with Gasteiger partial charge in [-0.05, 0) is 48.6 Å². The highest BCUT2D eigenvalue weighted by Gasteiger charge is 2.38. The van der Waals surface area contributed by atoms with Crippen LogP contribution in [0.15, 0.2) is 0 Å². The zero-order valence-corrected chi connectivity index (χ0v) is 17.1. The maximum Gasteiger partial charge on any atom is 0.0350 e. The fraction of sp³-hybridized carbons (Fsp3) is 1.00. The van der Waals surface area contributed by atoms with E-state index in [1.54, 1.807) is 0 Å². The number of hydrogen-bond donors (Lipinski definition) is 0. The van der Waals surface area contributed by atoms with Gasteiger partial charge in [0.2, 0.25) is 0 Å². The van der Waals surface area contributed by atoms with Crippen molar-refractivity contribution in [1.29, 1.82) is 0 Å². The first-order valence-corrected chi connectivity index (χ1v) is 10.3. The lowest BCUT2D eigenvalue weighted by Crippen LogP contribution is -2.63. The Morgan fingerprint density at radius 2 is 1.38 bits per heavy atom. The van der Waals surface area contributed by atoms with Gasteiger partial charge >= 0.3 is 0 Å². The third-order valence-electron chi connectivity index (χ3n) is 6.46. The SMILES string of the molecule is CC(C)(C)CN1CC(CN2CC(N3CCC(C(C)(C)C)CC3)C2)C1. The van der Waals surface area contributed by atoms with Crippen LogP contribution in [0.5, 0.6) is 0 Å². The van der Waals surface area contributed by atoms with Gasteiger partial charge in [0.25, 0.3) is 0 Å². The average molecular weight is 336 g/mol. The average Bonchev–Trinajstić information content (AvgIpc) is 2.36. The van der Waals surface area contributed by atoms with Crippen LogP contribution in [0.1, 0.15) is 54.4 Å². The van der Waals surface area contributed by atoms with Gasteiger partial charge in [-0.3, -0.25) is 9.80 Å². The molecule has 0 unspecified atom stereocenters. The Hall–Kier alpha value is -0.120. The zero-order valence-electron chi connectivity index (χ0n) is 17.1. The van der Waals surface area contributed by atoms with Crippen molar-refractivity contribution in [1.82, 2.24) is 14.7 Å². The number of piperidine rings is 1. The monoisotopic (exact) mass is 335 g/mol. The summed E-state index contributed by atoms with van der Waals surface area (Å²) in [5, 5.41) is 0. The highest BCUT2D eigenvalue weighted by atomic mass is 15.3. The zero-order chi connectivity index (χ0) is 17.5. The topological polar surface area (TPSA) is 9.72 Å². The molecule has 0 aromatic heterocycles. The number of rotatable bonds is 4. The summed E-state index contributed by atoms with van der Waals surface area (Å²) in [6.45, 7) is 24.9. The summed E-state index contributed by atoms with van der Waals surface area (Å²) in [7, 11) is 0. The van der Waals surface area contributed by atoms with Crippen molar-refractivity contribution in [2.24, 2.45) is 22.7 Å². The fourth-order valence-corrected chi connectivity index (χ4v) is 5.01. The van der Waals surface area contributed by atoms with Gasteiger partial charge in [-0.25, -0.2) is 0 Å². The molecule has 3 rings (SSSR count). The van der Waals surface area contributed by atoms with Crippen LogP contribution in [-0.2, 0) is 0 Å². The molecule has 0 aliphatic carbocycles. The van der Waals surface area contributed by atoms with Gasteiger partial charge in [-0.15, -0.1) is 0 Å².